The Hall–Kier alpha value is -4.29. The molecule has 2 heterocycles. The highest BCUT2D eigenvalue weighted by molar-refractivity contribution is 6.31. The van der Waals surface area contributed by atoms with E-state index < -0.39 is 46.5 Å². The number of nitrogens with zero attached hydrogens (tertiary/aromatic N) is 2. The molecule has 3 aromatic carbocycles. The number of nitrogens with one attached hydrogen (secondary N) is 2. The number of fused-ring (bicyclic) bond motifs is 3. The van der Waals surface area contributed by atoms with Gasteiger partial charge in [-0.25, -0.2) is 8.78 Å². The molecule has 2 amide bonds. The maximum atomic E-state index is 14.2. The third kappa shape index (κ3) is 4.21. The molecule has 0 spiro atoms. The zero-order valence-electron chi connectivity index (χ0n) is 19.8. The van der Waals surface area contributed by atoms with Crippen LogP contribution in [0.3, 0.4) is 0 Å². The van der Waals surface area contributed by atoms with Crippen LogP contribution in [0.15, 0.2) is 49.0 Å². The lowest BCUT2D eigenvalue weighted by atomic mass is 9.91. The number of aryl methyl sites for hydroxylation is 1. The van der Waals surface area contributed by atoms with E-state index in [-0.39, 0.29) is 39.0 Å². The van der Waals surface area contributed by atoms with Gasteiger partial charge in [-0.15, -0.1) is 0 Å². The van der Waals surface area contributed by atoms with Crippen molar-refractivity contribution in [2.24, 2.45) is 7.05 Å². The van der Waals surface area contributed by atoms with Crippen molar-refractivity contribution >= 4 is 46.1 Å². The summed E-state index contributed by atoms with van der Waals surface area (Å²) in [6.07, 6.45) is -3.52. The van der Waals surface area contributed by atoms with Gasteiger partial charge in [0.25, 0.3) is 11.8 Å². The summed E-state index contributed by atoms with van der Waals surface area (Å²) in [5.41, 5.74) is -5.11. The van der Waals surface area contributed by atoms with Crippen molar-refractivity contribution in [2.75, 3.05) is 5.32 Å². The number of carbonyl (C=O) groups is 2. The molecule has 1 atom stereocenters. The van der Waals surface area contributed by atoms with Gasteiger partial charge in [-0.3, -0.25) is 14.3 Å². The van der Waals surface area contributed by atoms with Gasteiger partial charge in [0.1, 0.15) is 17.2 Å². The highest BCUT2D eigenvalue weighted by Gasteiger charge is 2.48. The Labute approximate surface area is 221 Å². The van der Waals surface area contributed by atoms with Gasteiger partial charge >= 0.3 is 6.18 Å². The first-order chi connectivity index (χ1) is 18.2. The van der Waals surface area contributed by atoms with Gasteiger partial charge in [0.2, 0.25) is 0 Å². The van der Waals surface area contributed by atoms with Crippen LogP contribution in [0.25, 0.3) is 17.0 Å². The molecule has 0 radical (unpaired) electrons. The topological polar surface area (TPSA) is 96.2 Å². The third-order valence-corrected chi connectivity index (χ3v) is 6.63. The molecular weight excluding hydrogens is 547 g/mol. The van der Waals surface area contributed by atoms with E-state index in [1.165, 1.54) is 16.8 Å². The highest BCUT2D eigenvalue weighted by atomic mass is 35.5. The van der Waals surface area contributed by atoms with Gasteiger partial charge in [0.05, 0.1) is 22.5 Å². The molecule has 200 valence electrons. The predicted molar refractivity (Wildman–Crippen MR) is 132 cm³/mol. The lowest BCUT2D eigenvalue weighted by Crippen LogP contribution is -2.41. The second-order valence-corrected chi connectivity index (χ2v) is 9.16. The molecule has 0 saturated carbocycles. The van der Waals surface area contributed by atoms with Crippen LogP contribution < -0.4 is 10.6 Å². The van der Waals surface area contributed by atoms with E-state index in [0.717, 1.165) is 18.2 Å². The molecule has 1 unspecified atom stereocenters. The summed E-state index contributed by atoms with van der Waals surface area (Å²) in [4.78, 5) is 26.3. The van der Waals surface area contributed by atoms with Crippen molar-refractivity contribution in [1.29, 1.82) is 0 Å². The molecule has 3 N–H and O–H groups in total. The highest BCUT2D eigenvalue weighted by Crippen LogP contribution is 2.45. The van der Waals surface area contributed by atoms with Crippen LogP contribution in [0, 0.1) is 11.6 Å². The second kappa shape index (κ2) is 8.89. The molecule has 1 aliphatic rings. The fourth-order valence-corrected chi connectivity index (χ4v) is 4.89. The molecule has 0 fully saturated rings. The molecule has 1 aliphatic heterocycles. The van der Waals surface area contributed by atoms with Gasteiger partial charge in [-0.1, -0.05) is 18.2 Å². The molecule has 0 bridgehead atoms. The average Bonchev–Trinajstić information content (AvgIpc) is 3.32. The van der Waals surface area contributed by atoms with Crippen LogP contribution in [0.5, 0.6) is 0 Å². The monoisotopic (exact) mass is 562 g/mol. The van der Waals surface area contributed by atoms with Crippen LogP contribution in [0.4, 0.5) is 27.6 Å². The summed E-state index contributed by atoms with van der Waals surface area (Å²) in [6, 6.07) is 5.65. The minimum atomic E-state index is -4.93. The van der Waals surface area contributed by atoms with Crippen molar-refractivity contribution in [3.8, 4) is 0 Å². The first-order valence-corrected chi connectivity index (χ1v) is 11.5. The number of carbonyl (C=O) groups excluding carboxylic acids is 2. The van der Waals surface area contributed by atoms with E-state index in [1.807, 2.05) is 0 Å². The molecular formula is C26H16ClF5N4O3. The first kappa shape index (κ1) is 26.3. The molecule has 0 aliphatic carbocycles. The number of benzene rings is 3. The van der Waals surface area contributed by atoms with Crippen molar-refractivity contribution in [1.82, 2.24) is 15.1 Å². The molecule has 39 heavy (non-hydrogen) atoms. The van der Waals surface area contributed by atoms with Gasteiger partial charge < -0.3 is 15.7 Å². The lowest BCUT2D eigenvalue weighted by molar-refractivity contribution is -0.137. The van der Waals surface area contributed by atoms with Crippen molar-refractivity contribution in [3.05, 3.63) is 99.2 Å². The minimum absolute atomic E-state index is 0.0893. The summed E-state index contributed by atoms with van der Waals surface area (Å²) in [6.45, 7) is 3.70. The molecule has 5 rings (SSSR count). The zero-order valence-corrected chi connectivity index (χ0v) is 20.5. The summed E-state index contributed by atoms with van der Waals surface area (Å²) >= 11 is 6.24. The average molecular weight is 563 g/mol. The fraction of sp³-hybridized carbons (Fsp3) is 0.115. The van der Waals surface area contributed by atoms with Crippen molar-refractivity contribution in [3.63, 3.8) is 0 Å². The third-order valence-electron chi connectivity index (χ3n) is 6.30. The molecule has 4 aromatic rings. The Morgan fingerprint density at radius 1 is 1.18 bits per heavy atom. The van der Waals surface area contributed by atoms with Crippen LogP contribution >= 0.6 is 11.6 Å². The Morgan fingerprint density at radius 3 is 2.56 bits per heavy atom. The Bertz CT molecular complexity index is 1730. The largest absolute Gasteiger partial charge is 0.416 e. The van der Waals surface area contributed by atoms with E-state index in [0.29, 0.717) is 23.2 Å². The molecule has 1 aromatic heterocycles. The summed E-state index contributed by atoms with van der Waals surface area (Å²) in [5.74, 6) is -4.15. The van der Waals surface area contributed by atoms with Crippen molar-refractivity contribution < 1.29 is 36.6 Å². The second-order valence-electron chi connectivity index (χ2n) is 8.75. The van der Waals surface area contributed by atoms with Crippen LogP contribution in [-0.4, -0.2) is 26.7 Å². The standard InChI is InChI=1S/C26H16ClF5N4O3/c1-3-19-15-10-18(33-23(37)11-6-12(26(30,31)32)8-14(29)7-11)21-20(22(15)35-36(19)2)24(38)34-25(21,39)16-9-13(28)4-5-17(16)27/h3-10,39H,1H2,2H3,(H,33,37)(H,34,38). The predicted octanol–water partition coefficient (Wildman–Crippen LogP) is 5.36. The number of aromatic nitrogens is 2. The first-order valence-electron chi connectivity index (χ1n) is 11.1. The summed E-state index contributed by atoms with van der Waals surface area (Å²) in [5, 5.41) is 20.9. The summed E-state index contributed by atoms with van der Waals surface area (Å²) in [7, 11) is 1.55. The normalized spacial score (nSPS) is 16.8. The minimum Gasteiger partial charge on any atom is -0.363 e. The number of anilines is 1. The van der Waals surface area contributed by atoms with Gasteiger partial charge in [-0.05, 0) is 48.5 Å². The number of rotatable bonds is 4. The quantitative estimate of drug-likeness (QED) is 0.292. The molecule has 7 nitrogen and oxygen atoms in total. The number of alkyl halides is 3. The van der Waals surface area contributed by atoms with Crippen LogP contribution in [0.1, 0.15) is 43.1 Å². The van der Waals surface area contributed by atoms with Crippen molar-refractivity contribution in [2.45, 2.75) is 11.9 Å². The number of hydrogen-bond acceptors (Lipinski definition) is 4. The smallest absolute Gasteiger partial charge is 0.363 e. The molecule has 0 saturated heterocycles. The number of halogens is 6. The van der Waals surface area contributed by atoms with Gasteiger partial charge in [-0.2, -0.15) is 18.3 Å². The lowest BCUT2D eigenvalue weighted by Gasteiger charge is -2.27. The number of amides is 2. The van der Waals surface area contributed by atoms with Crippen LogP contribution in [0.2, 0.25) is 5.02 Å². The number of aliphatic hydroxyl groups is 1. The Morgan fingerprint density at radius 2 is 1.90 bits per heavy atom. The molecule has 13 heteroatoms. The fourth-order valence-electron chi connectivity index (χ4n) is 4.63. The van der Waals surface area contributed by atoms with Crippen LogP contribution in [-0.2, 0) is 18.9 Å². The van der Waals surface area contributed by atoms with E-state index in [9.17, 15) is 36.6 Å². The Kier molecular flexibility index (Phi) is 6.00. The summed E-state index contributed by atoms with van der Waals surface area (Å²) < 4.78 is 69.3. The maximum absolute atomic E-state index is 14.2. The van der Waals surface area contributed by atoms with Gasteiger partial charge in [0.15, 0.2) is 5.72 Å². The van der Waals surface area contributed by atoms with E-state index in [1.54, 1.807) is 7.05 Å². The Balaban J connectivity index is 1.77. The van der Waals surface area contributed by atoms with Gasteiger partial charge in [0, 0.05) is 34.1 Å². The maximum Gasteiger partial charge on any atom is 0.416 e. The van der Waals surface area contributed by atoms with E-state index in [2.05, 4.69) is 22.3 Å². The number of hydrogen-bond donors (Lipinski definition) is 3. The SMILES string of the molecule is C=Cc1c2cc(NC(=O)c3cc(F)cc(C(F)(F)F)c3)c3c(c2nn1C)C(=O)NC3(O)c1cc(F)ccc1Cl. The van der Waals surface area contributed by atoms with E-state index >= 15 is 0 Å². The van der Waals surface area contributed by atoms with E-state index in [4.69, 9.17) is 11.6 Å². The zero-order chi connectivity index (χ0) is 28.4.